The minimum atomic E-state index is 0.302. The number of aliphatic imine (C=N–C) groups is 1. The maximum atomic E-state index is 5.76. The van der Waals surface area contributed by atoms with Gasteiger partial charge >= 0.3 is 0 Å². The first kappa shape index (κ1) is 19.5. The van der Waals surface area contributed by atoms with Crippen LogP contribution in [0.4, 0.5) is 0 Å². The third-order valence-corrected chi connectivity index (χ3v) is 3.76. The summed E-state index contributed by atoms with van der Waals surface area (Å²) < 4.78 is 7.60. The van der Waals surface area contributed by atoms with E-state index in [2.05, 4.69) is 40.8 Å². The molecule has 6 nitrogen and oxygen atoms in total. The van der Waals surface area contributed by atoms with Gasteiger partial charge in [0.15, 0.2) is 5.96 Å². The molecule has 0 bridgehead atoms. The molecule has 6 heteroatoms. The molecule has 0 saturated carbocycles. The number of guanidine groups is 1. The molecule has 0 aliphatic heterocycles. The number of nitrogens with zero attached hydrogens (tertiary/aromatic N) is 3. The molecule has 1 unspecified atom stereocenters. The van der Waals surface area contributed by atoms with Crippen LogP contribution < -0.4 is 10.6 Å². The van der Waals surface area contributed by atoms with Crippen LogP contribution in [0.25, 0.3) is 0 Å². The Morgan fingerprint density at radius 2 is 2.09 bits per heavy atom. The van der Waals surface area contributed by atoms with Crippen LogP contribution in [-0.2, 0) is 18.2 Å². The quantitative estimate of drug-likeness (QED) is 0.392. The molecule has 23 heavy (non-hydrogen) atoms. The minimum Gasteiger partial charge on any atom is -0.378 e. The van der Waals surface area contributed by atoms with Crippen LogP contribution >= 0.6 is 0 Å². The summed E-state index contributed by atoms with van der Waals surface area (Å²) in [6, 6.07) is 0. The maximum absolute atomic E-state index is 5.76. The molecule has 1 aromatic heterocycles. The second kappa shape index (κ2) is 11.0. The highest BCUT2D eigenvalue weighted by atomic mass is 16.5. The highest BCUT2D eigenvalue weighted by Crippen LogP contribution is 2.09. The molecule has 0 aliphatic rings. The summed E-state index contributed by atoms with van der Waals surface area (Å²) in [5, 5.41) is 10.9. The number of aryl methyl sites for hydroxylation is 2. The predicted molar refractivity (Wildman–Crippen MR) is 95.8 cm³/mol. The molecule has 1 rings (SSSR count). The Balaban J connectivity index is 2.18. The van der Waals surface area contributed by atoms with Crippen LogP contribution in [0.3, 0.4) is 0 Å². The van der Waals surface area contributed by atoms with E-state index < -0.39 is 0 Å². The summed E-state index contributed by atoms with van der Waals surface area (Å²) >= 11 is 0. The monoisotopic (exact) mass is 323 g/mol. The third-order valence-electron chi connectivity index (χ3n) is 3.76. The van der Waals surface area contributed by atoms with Gasteiger partial charge in [-0.25, -0.2) is 0 Å². The zero-order valence-corrected chi connectivity index (χ0v) is 15.3. The Morgan fingerprint density at radius 1 is 1.35 bits per heavy atom. The zero-order chi connectivity index (χ0) is 17.1. The van der Waals surface area contributed by atoms with E-state index in [1.807, 2.05) is 24.9 Å². The first-order valence-corrected chi connectivity index (χ1v) is 8.60. The molecule has 0 fully saturated rings. The minimum absolute atomic E-state index is 0.302. The van der Waals surface area contributed by atoms with E-state index in [4.69, 9.17) is 4.74 Å². The van der Waals surface area contributed by atoms with Gasteiger partial charge in [0.05, 0.1) is 12.3 Å². The average molecular weight is 323 g/mol. The van der Waals surface area contributed by atoms with Gasteiger partial charge in [-0.05, 0) is 37.7 Å². The van der Waals surface area contributed by atoms with Crippen molar-refractivity contribution in [3.8, 4) is 0 Å². The molecule has 1 atom stereocenters. The van der Waals surface area contributed by atoms with E-state index >= 15 is 0 Å². The van der Waals surface area contributed by atoms with Gasteiger partial charge in [0.2, 0.25) is 0 Å². The fourth-order valence-corrected chi connectivity index (χ4v) is 2.48. The van der Waals surface area contributed by atoms with Gasteiger partial charge in [-0.15, -0.1) is 0 Å². The van der Waals surface area contributed by atoms with Gasteiger partial charge in [0.25, 0.3) is 0 Å². The van der Waals surface area contributed by atoms with E-state index in [9.17, 15) is 0 Å². The Kier molecular flexibility index (Phi) is 9.36. The lowest BCUT2D eigenvalue weighted by molar-refractivity contribution is 0.0258. The van der Waals surface area contributed by atoms with E-state index in [0.29, 0.717) is 12.0 Å². The lowest BCUT2D eigenvalue weighted by Gasteiger charge is -2.21. The second-order valence-electron chi connectivity index (χ2n) is 6.08. The van der Waals surface area contributed by atoms with Crippen LogP contribution in [-0.4, -0.2) is 48.6 Å². The topological polar surface area (TPSA) is 63.5 Å². The smallest absolute Gasteiger partial charge is 0.190 e. The third kappa shape index (κ3) is 8.02. The lowest BCUT2D eigenvalue weighted by atomic mass is 10.0. The van der Waals surface area contributed by atoms with Crippen molar-refractivity contribution in [2.75, 3.05) is 26.7 Å². The predicted octanol–water partition coefficient (Wildman–Crippen LogP) is 1.97. The molecular formula is C17H33N5O. The van der Waals surface area contributed by atoms with Crippen LogP contribution in [0.1, 0.15) is 39.2 Å². The molecular weight excluding hydrogens is 290 g/mol. The number of hydrogen-bond acceptors (Lipinski definition) is 3. The fourth-order valence-electron chi connectivity index (χ4n) is 2.48. The number of hydrogen-bond donors (Lipinski definition) is 2. The van der Waals surface area contributed by atoms with Crippen LogP contribution in [0.2, 0.25) is 0 Å². The number of rotatable bonds is 10. The zero-order valence-electron chi connectivity index (χ0n) is 15.3. The van der Waals surface area contributed by atoms with Gasteiger partial charge in [-0.3, -0.25) is 9.67 Å². The molecule has 0 aromatic carbocycles. The van der Waals surface area contributed by atoms with Crippen molar-refractivity contribution in [3.05, 3.63) is 18.0 Å². The largest absolute Gasteiger partial charge is 0.378 e. The Morgan fingerprint density at radius 3 is 2.65 bits per heavy atom. The van der Waals surface area contributed by atoms with Crippen LogP contribution in [0, 0.1) is 5.92 Å². The molecule has 0 amide bonds. The molecule has 0 saturated heterocycles. The van der Waals surface area contributed by atoms with Crippen molar-refractivity contribution >= 4 is 5.96 Å². The highest BCUT2D eigenvalue weighted by Gasteiger charge is 2.12. The number of ether oxygens (including phenoxy) is 1. The van der Waals surface area contributed by atoms with Crippen molar-refractivity contribution in [1.29, 1.82) is 0 Å². The normalized spacial score (nSPS) is 13.4. The SMILES string of the molecule is CCOC(CCNC(=NC)NCCCc1cnn(C)c1)C(C)C. The Labute approximate surface area is 140 Å². The highest BCUT2D eigenvalue weighted by molar-refractivity contribution is 5.79. The van der Waals surface area contributed by atoms with Gasteiger partial charge in [0, 0.05) is 40.0 Å². The average Bonchev–Trinajstić information content (AvgIpc) is 2.93. The summed E-state index contributed by atoms with van der Waals surface area (Å²) in [6.45, 7) is 8.98. The van der Waals surface area contributed by atoms with Crippen molar-refractivity contribution in [2.45, 2.75) is 46.1 Å². The lowest BCUT2D eigenvalue weighted by Crippen LogP contribution is -2.39. The first-order valence-electron chi connectivity index (χ1n) is 8.60. The van der Waals surface area contributed by atoms with Crippen molar-refractivity contribution < 1.29 is 4.74 Å². The summed E-state index contributed by atoms with van der Waals surface area (Å²) in [6.07, 6.45) is 7.36. The van der Waals surface area contributed by atoms with E-state index in [1.54, 1.807) is 7.05 Å². The van der Waals surface area contributed by atoms with Crippen molar-refractivity contribution in [1.82, 2.24) is 20.4 Å². The Hall–Kier alpha value is -1.56. The van der Waals surface area contributed by atoms with Gasteiger partial charge in [-0.1, -0.05) is 13.8 Å². The van der Waals surface area contributed by atoms with Gasteiger partial charge in [0.1, 0.15) is 0 Å². The second-order valence-corrected chi connectivity index (χ2v) is 6.08. The molecule has 0 aliphatic carbocycles. The molecule has 2 N–H and O–H groups in total. The van der Waals surface area contributed by atoms with Crippen LogP contribution in [0.5, 0.6) is 0 Å². The van der Waals surface area contributed by atoms with Crippen molar-refractivity contribution in [3.63, 3.8) is 0 Å². The first-order chi connectivity index (χ1) is 11.1. The standard InChI is InChI=1S/C17H33N5O/c1-6-23-16(14(2)3)9-11-20-17(18-4)19-10-7-8-15-12-21-22(5)13-15/h12-14,16H,6-11H2,1-5H3,(H2,18,19,20). The van der Waals surface area contributed by atoms with Crippen LogP contribution in [0.15, 0.2) is 17.4 Å². The molecule has 0 radical (unpaired) electrons. The Bertz CT molecular complexity index is 456. The van der Waals surface area contributed by atoms with Gasteiger partial charge in [-0.2, -0.15) is 5.10 Å². The number of nitrogens with one attached hydrogen (secondary N) is 2. The fraction of sp³-hybridized carbons (Fsp3) is 0.765. The van der Waals surface area contributed by atoms with Crippen molar-refractivity contribution in [2.24, 2.45) is 18.0 Å². The number of aromatic nitrogens is 2. The summed E-state index contributed by atoms with van der Waals surface area (Å²) in [7, 11) is 3.75. The summed E-state index contributed by atoms with van der Waals surface area (Å²) in [4.78, 5) is 4.26. The molecule has 1 aromatic rings. The molecule has 1 heterocycles. The summed E-state index contributed by atoms with van der Waals surface area (Å²) in [5.74, 6) is 1.39. The van der Waals surface area contributed by atoms with E-state index in [-0.39, 0.29) is 0 Å². The molecule has 132 valence electrons. The van der Waals surface area contributed by atoms with E-state index in [1.165, 1.54) is 5.56 Å². The molecule has 0 spiro atoms. The van der Waals surface area contributed by atoms with Gasteiger partial charge < -0.3 is 15.4 Å². The summed E-state index contributed by atoms with van der Waals surface area (Å²) in [5.41, 5.74) is 1.27. The maximum Gasteiger partial charge on any atom is 0.190 e. The van der Waals surface area contributed by atoms with E-state index in [0.717, 1.165) is 44.9 Å².